The van der Waals surface area contributed by atoms with Crippen molar-refractivity contribution in [2.24, 2.45) is 11.7 Å². The highest BCUT2D eigenvalue weighted by Gasteiger charge is 2.19. The Labute approximate surface area is 104 Å². The Bertz CT molecular complexity index is 181. The van der Waals surface area contributed by atoms with Gasteiger partial charge in [0.2, 0.25) is 0 Å². The summed E-state index contributed by atoms with van der Waals surface area (Å²) in [6.45, 7) is 4.25. The summed E-state index contributed by atoms with van der Waals surface area (Å²) in [5.41, 5.74) is 5.95. The van der Waals surface area contributed by atoms with Gasteiger partial charge in [0.25, 0.3) is 0 Å². The van der Waals surface area contributed by atoms with Crippen molar-refractivity contribution in [3.05, 3.63) is 0 Å². The molecule has 1 rings (SSSR count). The molecule has 0 aliphatic heterocycles. The van der Waals surface area contributed by atoms with Gasteiger partial charge in [-0.3, -0.25) is 0 Å². The van der Waals surface area contributed by atoms with Gasteiger partial charge in [-0.1, -0.05) is 46.0 Å². The molecule has 0 spiro atoms. The number of hydrogen-bond donors (Lipinski definition) is 2. The van der Waals surface area contributed by atoms with E-state index in [1.54, 1.807) is 11.8 Å². The molecule has 0 saturated heterocycles. The molecular formula is C13H27NOS. The maximum absolute atomic E-state index is 9.95. The van der Waals surface area contributed by atoms with Gasteiger partial charge in [0.1, 0.15) is 0 Å². The molecule has 16 heavy (non-hydrogen) atoms. The van der Waals surface area contributed by atoms with E-state index in [0.717, 1.165) is 18.8 Å². The van der Waals surface area contributed by atoms with Crippen molar-refractivity contribution in [2.45, 2.75) is 75.5 Å². The highest BCUT2D eigenvalue weighted by atomic mass is 32.2. The number of nitrogens with two attached hydrogens (primary N) is 1. The van der Waals surface area contributed by atoms with Crippen LogP contribution in [0, 0.1) is 5.92 Å². The smallest absolute Gasteiger partial charge is 0.0784 e. The summed E-state index contributed by atoms with van der Waals surface area (Å²) in [6.07, 6.45) is 8.61. The highest BCUT2D eigenvalue weighted by Crippen LogP contribution is 2.28. The zero-order chi connectivity index (χ0) is 12.0. The summed E-state index contributed by atoms with van der Waals surface area (Å²) < 4.78 is 0. The average Bonchev–Trinajstić information content (AvgIpc) is 2.26. The molecule has 96 valence electrons. The Kier molecular flexibility index (Phi) is 6.78. The van der Waals surface area contributed by atoms with Gasteiger partial charge in [-0.2, -0.15) is 0 Å². The monoisotopic (exact) mass is 245 g/mol. The lowest BCUT2D eigenvalue weighted by atomic mass is 9.85. The van der Waals surface area contributed by atoms with Crippen LogP contribution < -0.4 is 5.73 Å². The fourth-order valence-electron chi connectivity index (χ4n) is 2.45. The minimum atomic E-state index is -0.325. The standard InChI is InChI=1S/C13H27NOS/c1-10(2)16-13(14)12(15)9-8-11-6-4-3-5-7-11/h10-13,15H,3-9,14H2,1-2H3. The largest absolute Gasteiger partial charge is 0.391 e. The van der Waals surface area contributed by atoms with E-state index in [2.05, 4.69) is 13.8 Å². The van der Waals surface area contributed by atoms with E-state index in [1.165, 1.54) is 32.1 Å². The van der Waals surface area contributed by atoms with Crippen molar-refractivity contribution >= 4 is 11.8 Å². The van der Waals surface area contributed by atoms with Gasteiger partial charge < -0.3 is 10.8 Å². The average molecular weight is 245 g/mol. The number of aliphatic hydroxyl groups is 1. The zero-order valence-corrected chi connectivity index (χ0v) is 11.5. The molecule has 2 atom stereocenters. The fraction of sp³-hybridized carbons (Fsp3) is 1.00. The van der Waals surface area contributed by atoms with Crippen molar-refractivity contribution in [3.8, 4) is 0 Å². The quantitative estimate of drug-likeness (QED) is 0.707. The second-order valence-corrected chi connectivity index (χ2v) is 7.06. The topological polar surface area (TPSA) is 46.2 Å². The Morgan fingerprint density at radius 1 is 1.25 bits per heavy atom. The summed E-state index contributed by atoms with van der Waals surface area (Å²) in [5, 5.41) is 10.3. The minimum Gasteiger partial charge on any atom is -0.391 e. The summed E-state index contributed by atoms with van der Waals surface area (Å²) >= 11 is 1.68. The Balaban J connectivity index is 2.15. The van der Waals surface area contributed by atoms with Gasteiger partial charge in [-0.25, -0.2) is 0 Å². The van der Waals surface area contributed by atoms with Crippen molar-refractivity contribution in [3.63, 3.8) is 0 Å². The zero-order valence-electron chi connectivity index (χ0n) is 10.7. The Morgan fingerprint density at radius 3 is 2.44 bits per heavy atom. The first-order valence-corrected chi connectivity index (χ1v) is 7.63. The molecule has 1 aliphatic rings. The third kappa shape index (κ3) is 5.55. The van der Waals surface area contributed by atoms with Crippen LogP contribution in [0.2, 0.25) is 0 Å². The maximum atomic E-state index is 9.95. The molecule has 0 bridgehead atoms. The van der Waals surface area contributed by atoms with E-state index < -0.39 is 0 Å². The molecule has 0 aromatic heterocycles. The number of thioether (sulfide) groups is 1. The molecule has 1 saturated carbocycles. The predicted molar refractivity (Wildman–Crippen MR) is 72.5 cm³/mol. The SMILES string of the molecule is CC(C)SC(N)C(O)CCC1CCCCC1. The van der Waals surface area contributed by atoms with Crippen LogP contribution in [0.5, 0.6) is 0 Å². The molecule has 0 radical (unpaired) electrons. The van der Waals surface area contributed by atoms with Crippen LogP contribution in [0.25, 0.3) is 0 Å². The van der Waals surface area contributed by atoms with E-state index in [9.17, 15) is 5.11 Å². The molecule has 2 unspecified atom stereocenters. The maximum Gasteiger partial charge on any atom is 0.0784 e. The van der Waals surface area contributed by atoms with Crippen molar-refractivity contribution in [2.75, 3.05) is 0 Å². The normalized spacial score (nSPS) is 22.3. The third-order valence-corrected chi connectivity index (χ3v) is 4.58. The first-order chi connectivity index (χ1) is 7.59. The van der Waals surface area contributed by atoms with E-state index in [-0.39, 0.29) is 11.5 Å². The Hall–Kier alpha value is 0.270. The number of rotatable bonds is 6. The molecule has 0 amide bonds. The van der Waals surface area contributed by atoms with Crippen LogP contribution in [0.1, 0.15) is 58.8 Å². The van der Waals surface area contributed by atoms with Crippen LogP contribution >= 0.6 is 11.8 Å². The second-order valence-electron chi connectivity index (χ2n) is 5.30. The number of aliphatic hydroxyl groups excluding tert-OH is 1. The second kappa shape index (κ2) is 7.57. The molecule has 2 nitrogen and oxygen atoms in total. The van der Waals surface area contributed by atoms with Crippen LogP contribution in [0.15, 0.2) is 0 Å². The van der Waals surface area contributed by atoms with E-state index >= 15 is 0 Å². The molecule has 0 aromatic rings. The van der Waals surface area contributed by atoms with E-state index in [0.29, 0.717) is 5.25 Å². The summed E-state index contributed by atoms with van der Waals surface area (Å²) in [5.74, 6) is 0.847. The van der Waals surface area contributed by atoms with Crippen LogP contribution in [0.4, 0.5) is 0 Å². The molecule has 0 heterocycles. The van der Waals surface area contributed by atoms with Gasteiger partial charge in [-0.05, 0) is 18.8 Å². The fourth-order valence-corrected chi connectivity index (χ4v) is 3.40. The molecule has 3 heteroatoms. The lowest BCUT2D eigenvalue weighted by Gasteiger charge is -2.25. The molecule has 0 aromatic carbocycles. The molecule has 1 aliphatic carbocycles. The first kappa shape index (κ1) is 14.3. The van der Waals surface area contributed by atoms with E-state index in [4.69, 9.17) is 5.73 Å². The Morgan fingerprint density at radius 2 is 1.88 bits per heavy atom. The predicted octanol–water partition coefficient (Wildman–Crippen LogP) is 3.13. The lowest BCUT2D eigenvalue weighted by Crippen LogP contribution is -2.33. The number of hydrogen-bond acceptors (Lipinski definition) is 3. The van der Waals surface area contributed by atoms with Crippen LogP contribution in [0.3, 0.4) is 0 Å². The summed E-state index contributed by atoms with van der Waals surface area (Å²) in [6, 6.07) is 0. The van der Waals surface area contributed by atoms with Crippen LogP contribution in [-0.4, -0.2) is 21.8 Å². The van der Waals surface area contributed by atoms with Gasteiger partial charge in [0, 0.05) is 5.25 Å². The van der Waals surface area contributed by atoms with Crippen molar-refractivity contribution in [1.29, 1.82) is 0 Å². The van der Waals surface area contributed by atoms with Gasteiger partial charge in [-0.15, -0.1) is 11.8 Å². The van der Waals surface area contributed by atoms with Crippen molar-refractivity contribution < 1.29 is 5.11 Å². The van der Waals surface area contributed by atoms with Crippen molar-refractivity contribution in [1.82, 2.24) is 0 Å². The summed E-state index contributed by atoms with van der Waals surface area (Å²) in [4.78, 5) is 0. The third-order valence-electron chi connectivity index (χ3n) is 3.40. The minimum absolute atomic E-state index is 0.108. The van der Waals surface area contributed by atoms with Gasteiger partial charge in [0.15, 0.2) is 0 Å². The van der Waals surface area contributed by atoms with Gasteiger partial charge >= 0.3 is 0 Å². The highest BCUT2D eigenvalue weighted by molar-refractivity contribution is 8.00. The lowest BCUT2D eigenvalue weighted by molar-refractivity contribution is 0.147. The molecular weight excluding hydrogens is 218 g/mol. The van der Waals surface area contributed by atoms with E-state index in [1.807, 2.05) is 0 Å². The van der Waals surface area contributed by atoms with Gasteiger partial charge in [0.05, 0.1) is 11.5 Å². The summed E-state index contributed by atoms with van der Waals surface area (Å²) in [7, 11) is 0. The molecule has 3 N–H and O–H groups in total. The van der Waals surface area contributed by atoms with Crippen LogP contribution in [-0.2, 0) is 0 Å². The molecule has 1 fully saturated rings. The first-order valence-electron chi connectivity index (χ1n) is 6.68.